The van der Waals surface area contributed by atoms with Crippen LogP contribution in [0.15, 0.2) is 66.7 Å². The molecule has 0 unspecified atom stereocenters. The molecule has 5 nitrogen and oxygen atoms in total. The lowest BCUT2D eigenvalue weighted by Gasteiger charge is -2.35. The number of fused-ring (bicyclic) bond motifs is 1. The lowest BCUT2D eigenvalue weighted by molar-refractivity contribution is -0.126. The van der Waals surface area contributed by atoms with Crippen LogP contribution in [0.2, 0.25) is 0 Å². The number of amides is 2. The summed E-state index contributed by atoms with van der Waals surface area (Å²) in [4.78, 5) is 31.0. The van der Waals surface area contributed by atoms with Gasteiger partial charge >= 0.3 is 0 Å². The Kier molecular flexibility index (Phi) is 5.42. The Bertz CT molecular complexity index is 870. The smallest absolute Gasteiger partial charge is 0.251 e. The highest BCUT2D eigenvalue weighted by Crippen LogP contribution is 2.26. The lowest BCUT2D eigenvalue weighted by atomic mass is 10.0. The number of piperazine rings is 1. The van der Waals surface area contributed by atoms with Gasteiger partial charge in [-0.15, -0.1) is 0 Å². The minimum atomic E-state index is -0.122. The number of anilines is 2. The number of benzene rings is 2. The molecule has 2 amide bonds. The molecule has 0 atom stereocenters. The third-order valence-electron chi connectivity index (χ3n) is 5.46. The molecule has 2 aliphatic heterocycles. The Morgan fingerprint density at radius 3 is 2.21 bits per heavy atom. The van der Waals surface area contributed by atoms with Gasteiger partial charge in [-0.05, 0) is 36.6 Å². The van der Waals surface area contributed by atoms with E-state index >= 15 is 0 Å². The number of hydrogen-bond donors (Lipinski definition) is 0. The first kappa shape index (κ1) is 18.3. The van der Waals surface area contributed by atoms with E-state index in [9.17, 15) is 9.59 Å². The van der Waals surface area contributed by atoms with Gasteiger partial charge in [-0.3, -0.25) is 9.59 Å². The van der Waals surface area contributed by atoms with Gasteiger partial charge < -0.3 is 14.7 Å². The molecular formula is C23H25N3O2. The number of nitrogens with zero attached hydrogens (tertiary/aromatic N) is 3. The van der Waals surface area contributed by atoms with Crippen LogP contribution < -0.4 is 9.80 Å². The van der Waals surface area contributed by atoms with E-state index < -0.39 is 0 Å². The molecule has 4 rings (SSSR count). The van der Waals surface area contributed by atoms with E-state index in [0.717, 1.165) is 31.6 Å². The molecule has 2 aromatic rings. The summed E-state index contributed by atoms with van der Waals surface area (Å²) in [7, 11) is 0. The summed E-state index contributed by atoms with van der Waals surface area (Å²) in [6, 6.07) is 18.2. The Labute approximate surface area is 165 Å². The zero-order chi connectivity index (χ0) is 19.3. The Morgan fingerprint density at radius 2 is 1.43 bits per heavy atom. The minimum Gasteiger partial charge on any atom is -0.368 e. The molecule has 0 radical (unpaired) electrons. The highest BCUT2D eigenvalue weighted by molar-refractivity contribution is 6.05. The van der Waals surface area contributed by atoms with Crippen molar-refractivity contribution in [3.05, 3.63) is 72.3 Å². The Balaban J connectivity index is 1.34. The van der Waals surface area contributed by atoms with Crippen molar-refractivity contribution in [2.75, 3.05) is 42.5 Å². The summed E-state index contributed by atoms with van der Waals surface area (Å²) in [6.07, 6.45) is 4.80. The third-order valence-corrected chi connectivity index (χ3v) is 5.46. The molecule has 2 aromatic carbocycles. The third kappa shape index (κ3) is 3.93. The van der Waals surface area contributed by atoms with Crippen molar-refractivity contribution < 1.29 is 9.59 Å². The SMILES string of the molecule is O=C(/C=C/C(=O)N1CCCc2ccccc21)N1CCN(c2ccccc2)CC1. The number of carbonyl (C=O) groups is 2. The number of aryl methyl sites for hydroxylation is 1. The van der Waals surface area contributed by atoms with E-state index in [1.165, 1.54) is 23.4 Å². The average Bonchev–Trinajstić information content (AvgIpc) is 2.77. The van der Waals surface area contributed by atoms with Crippen LogP contribution in [0, 0.1) is 0 Å². The van der Waals surface area contributed by atoms with Crippen molar-refractivity contribution in [2.45, 2.75) is 12.8 Å². The molecule has 1 saturated heterocycles. The summed E-state index contributed by atoms with van der Waals surface area (Å²) >= 11 is 0. The summed E-state index contributed by atoms with van der Waals surface area (Å²) in [6.45, 7) is 3.63. The zero-order valence-electron chi connectivity index (χ0n) is 16.0. The van der Waals surface area contributed by atoms with E-state index in [1.54, 1.807) is 4.90 Å². The van der Waals surface area contributed by atoms with Crippen LogP contribution in [-0.4, -0.2) is 49.4 Å². The highest BCUT2D eigenvalue weighted by atomic mass is 16.2. The molecule has 0 bridgehead atoms. The van der Waals surface area contributed by atoms with Crippen LogP contribution in [0.5, 0.6) is 0 Å². The molecule has 0 aliphatic carbocycles. The molecule has 1 fully saturated rings. The van der Waals surface area contributed by atoms with E-state index in [-0.39, 0.29) is 11.8 Å². The topological polar surface area (TPSA) is 43.9 Å². The predicted molar refractivity (Wildman–Crippen MR) is 111 cm³/mol. The fourth-order valence-corrected chi connectivity index (χ4v) is 3.92. The summed E-state index contributed by atoms with van der Waals surface area (Å²) in [5.74, 6) is -0.213. The van der Waals surface area contributed by atoms with E-state index in [4.69, 9.17) is 0 Å². The maximum absolute atomic E-state index is 12.6. The van der Waals surface area contributed by atoms with E-state index in [2.05, 4.69) is 23.1 Å². The second-order valence-corrected chi connectivity index (χ2v) is 7.20. The molecule has 2 heterocycles. The zero-order valence-corrected chi connectivity index (χ0v) is 16.0. The Hall–Kier alpha value is -3.08. The monoisotopic (exact) mass is 375 g/mol. The van der Waals surface area contributed by atoms with Gasteiger partial charge in [0.25, 0.3) is 5.91 Å². The van der Waals surface area contributed by atoms with Crippen molar-refractivity contribution in [1.29, 1.82) is 0 Å². The quantitative estimate of drug-likeness (QED) is 0.775. The van der Waals surface area contributed by atoms with Crippen LogP contribution >= 0.6 is 0 Å². The first-order valence-corrected chi connectivity index (χ1v) is 9.89. The standard InChI is InChI=1S/C23H25N3O2/c27-22(25-17-15-24(16-18-25)20-9-2-1-3-10-20)12-13-23(28)26-14-6-8-19-7-4-5-11-21(19)26/h1-5,7,9-13H,6,8,14-18H2/b13-12+. The van der Waals surface area contributed by atoms with Crippen molar-refractivity contribution in [2.24, 2.45) is 0 Å². The van der Waals surface area contributed by atoms with Gasteiger partial charge in [0, 0.05) is 56.3 Å². The molecule has 5 heteroatoms. The van der Waals surface area contributed by atoms with Gasteiger partial charge in [0.1, 0.15) is 0 Å². The van der Waals surface area contributed by atoms with Gasteiger partial charge in [0.2, 0.25) is 5.91 Å². The molecule has 0 spiro atoms. The minimum absolute atomic E-state index is 0.0913. The Morgan fingerprint density at radius 1 is 0.750 bits per heavy atom. The largest absolute Gasteiger partial charge is 0.368 e. The number of hydrogen-bond acceptors (Lipinski definition) is 3. The summed E-state index contributed by atoms with van der Waals surface area (Å²) in [5.41, 5.74) is 3.34. The second-order valence-electron chi connectivity index (χ2n) is 7.20. The van der Waals surface area contributed by atoms with Gasteiger partial charge in [0.15, 0.2) is 0 Å². The molecular weight excluding hydrogens is 350 g/mol. The van der Waals surface area contributed by atoms with Gasteiger partial charge in [-0.1, -0.05) is 36.4 Å². The summed E-state index contributed by atoms with van der Waals surface area (Å²) in [5, 5.41) is 0. The van der Waals surface area contributed by atoms with Gasteiger partial charge in [0.05, 0.1) is 0 Å². The van der Waals surface area contributed by atoms with Gasteiger partial charge in [-0.2, -0.15) is 0 Å². The van der Waals surface area contributed by atoms with Crippen LogP contribution in [-0.2, 0) is 16.0 Å². The lowest BCUT2D eigenvalue weighted by Crippen LogP contribution is -2.48. The molecule has 144 valence electrons. The van der Waals surface area contributed by atoms with Crippen LogP contribution in [0.4, 0.5) is 11.4 Å². The van der Waals surface area contributed by atoms with Crippen molar-refractivity contribution in [3.8, 4) is 0 Å². The first-order valence-electron chi connectivity index (χ1n) is 9.89. The van der Waals surface area contributed by atoms with Crippen LogP contribution in [0.25, 0.3) is 0 Å². The van der Waals surface area contributed by atoms with Crippen molar-refractivity contribution in [3.63, 3.8) is 0 Å². The number of para-hydroxylation sites is 2. The average molecular weight is 375 g/mol. The maximum atomic E-state index is 12.6. The molecule has 0 N–H and O–H groups in total. The predicted octanol–water partition coefficient (Wildman–Crippen LogP) is 2.87. The van der Waals surface area contributed by atoms with Crippen molar-refractivity contribution >= 4 is 23.2 Å². The normalized spacial score (nSPS) is 16.9. The number of rotatable bonds is 3. The first-order chi connectivity index (χ1) is 13.7. The second kappa shape index (κ2) is 8.30. The fourth-order valence-electron chi connectivity index (χ4n) is 3.92. The summed E-state index contributed by atoms with van der Waals surface area (Å²) < 4.78 is 0. The highest BCUT2D eigenvalue weighted by Gasteiger charge is 2.22. The van der Waals surface area contributed by atoms with Crippen LogP contribution in [0.3, 0.4) is 0 Å². The van der Waals surface area contributed by atoms with Crippen molar-refractivity contribution in [1.82, 2.24) is 4.90 Å². The molecule has 2 aliphatic rings. The molecule has 28 heavy (non-hydrogen) atoms. The van der Waals surface area contributed by atoms with E-state index in [0.29, 0.717) is 19.6 Å². The molecule has 0 saturated carbocycles. The fraction of sp³-hybridized carbons (Fsp3) is 0.304. The van der Waals surface area contributed by atoms with Gasteiger partial charge in [-0.25, -0.2) is 0 Å². The van der Waals surface area contributed by atoms with Crippen LogP contribution in [0.1, 0.15) is 12.0 Å². The maximum Gasteiger partial charge on any atom is 0.251 e. The van der Waals surface area contributed by atoms with E-state index in [1.807, 2.05) is 41.3 Å². The molecule has 0 aromatic heterocycles. The number of carbonyl (C=O) groups excluding carboxylic acids is 2.